The van der Waals surface area contributed by atoms with Crippen LogP contribution in [0.25, 0.3) is 6.08 Å². The van der Waals surface area contributed by atoms with Crippen molar-refractivity contribution in [1.29, 1.82) is 0 Å². The summed E-state index contributed by atoms with van der Waals surface area (Å²) in [5.74, 6) is -0.0413. The van der Waals surface area contributed by atoms with Crippen LogP contribution >= 0.6 is 11.3 Å². The van der Waals surface area contributed by atoms with Gasteiger partial charge in [-0.1, -0.05) is 6.07 Å². The van der Waals surface area contributed by atoms with Crippen LogP contribution in [0.1, 0.15) is 17.7 Å². The standard InChI is InChI=1S/C13H17NO3S2/c1-19(16,17)12-6-8-14(9-7-12)13(15)5-4-11-3-2-10-18-11/h2-5,10,12H,6-9H2,1H3. The molecule has 0 aliphatic carbocycles. The average Bonchev–Trinajstić information content (AvgIpc) is 2.88. The minimum absolute atomic E-state index is 0.0413. The van der Waals surface area contributed by atoms with Crippen molar-refractivity contribution in [2.75, 3.05) is 19.3 Å². The first-order valence-electron chi connectivity index (χ1n) is 6.16. The van der Waals surface area contributed by atoms with Crippen molar-refractivity contribution in [3.05, 3.63) is 28.5 Å². The van der Waals surface area contributed by atoms with Crippen molar-refractivity contribution in [3.8, 4) is 0 Å². The summed E-state index contributed by atoms with van der Waals surface area (Å²) < 4.78 is 22.9. The van der Waals surface area contributed by atoms with Gasteiger partial charge in [-0.05, 0) is 30.4 Å². The van der Waals surface area contributed by atoms with Crippen molar-refractivity contribution in [2.24, 2.45) is 0 Å². The second-order valence-corrected chi connectivity index (χ2v) is 8.01. The van der Waals surface area contributed by atoms with E-state index in [2.05, 4.69) is 0 Å². The fourth-order valence-corrected chi connectivity index (χ4v) is 3.83. The summed E-state index contributed by atoms with van der Waals surface area (Å²) in [6, 6.07) is 3.89. The fraction of sp³-hybridized carbons (Fsp3) is 0.462. The molecule has 0 unspecified atom stereocenters. The Morgan fingerprint density at radius 1 is 1.42 bits per heavy atom. The van der Waals surface area contributed by atoms with E-state index in [1.165, 1.54) is 6.26 Å². The molecular weight excluding hydrogens is 282 g/mol. The molecule has 0 N–H and O–H groups in total. The van der Waals surface area contributed by atoms with E-state index in [0.29, 0.717) is 25.9 Å². The summed E-state index contributed by atoms with van der Waals surface area (Å²) in [7, 11) is -2.98. The third-order valence-corrected chi connectivity index (χ3v) is 5.81. The number of rotatable bonds is 3. The molecule has 104 valence electrons. The molecule has 2 heterocycles. The van der Waals surface area contributed by atoms with Gasteiger partial charge >= 0.3 is 0 Å². The Morgan fingerprint density at radius 2 is 2.11 bits per heavy atom. The lowest BCUT2D eigenvalue weighted by Crippen LogP contribution is -2.41. The molecule has 1 aliphatic heterocycles. The average molecular weight is 299 g/mol. The van der Waals surface area contributed by atoms with Gasteiger partial charge in [0.2, 0.25) is 5.91 Å². The summed E-state index contributed by atoms with van der Waals surface area (Å²) in [5.41, 5.74) is 0. The lowest BCUT2D eigenvalue weighted by atomic mass is 10.1. The van der Waals surface area contributed by atoms with Crippen LogP contribution in [0, 0.1) is 0 Å². The van der Waals surface area contributed by atoms with Gasteiger partial charge in [0, 0.05) is 30.3 Å². The van der Waals surface area contributed by atoms with E-state index in [1.54, 1.807) is 28.4 Å². The molecule has 0 aromatic carbocycles. The van der Waals surface area contributed by atoms with Crippen molar-refractivity contribution >= 4 is 33.2 Å². The number of hydrogen-bond acceptors (Lipinski definition) is 4. The number of nitrogens with zero attached hydrogens (tertiary/aromatic N) is 1. The Kier molecular flexibility index (Phi) is 4.42. The minimum atomic E-state index is -2.98. The Morgan fingerprint density at radius 3 is 2.63 bits per heavy atom. The van der Waals surface area contributed by atoms with Crippen LogP contribution in [0.5, 0.6) is 0 Å². The van der Waals surface area contributed by atoms with Crippen LogP contribution in [0.3, 0.4) is 0 Å². The zero-order valence-corrected chi connectivity index (χ0v) is 12.4. The molecule has 2 rings (SSSR count). The summed E-state index contributed by atoms with van der Waals surface area (Å²) >= 11 is 1.58. The van der Waals surface area contributed by atoms with Gasteiger partial charge in [-0.25, -0.2) is 8.42 Å². The van der Waals surface area contributed by atoms with Crippen molar-refractivity contribution in [3.63, 3.8) is 0 Å². The number of likely N-dealkylation sites (tertiary alicyclic amines) is 1. The van der Waals surface area contributed by atoms with Gasteiger partial charge < -0.3 is 4.90 Å². The highest BCUT2D eigenvalue weighted by Gasteiger charge is 2.27. The smallest absolute Gasteiger partial charge is 0.246 e. The number of carbonyl (C=O) groups excluding carboxylic acids is 1. The van der Waals surface area contributed by atoms with Gasteiger partial charge in [0.15, 0.2) is 0 Å². The minimum Gasteiger partial charge on any atom is -0.339 e. The van der Waals surface area contributed by atoms with Gasteiger partial charge in [-0.3, -0.25) is 4.79 Å². The molecule has 1 aromatic heterocycles. The molecule has 4 nitrogen and oxygen atoms in total. The number of thiophene rings is 1. The van der Waals surface area contributed by atoms with Crippen molar-refractivity contribution in [1.82, 2.24) is 4.90 Å². The van der Waals surface area contributed by atoms with Gasteiger partial charge in [-0.2, -0.15) is 0 Å². The molecule has 0 atom stereocenters. The lowest BCUT2D eigenvalue weighted by molar-refractivity contribution is -0.126. The van der Waals surface area contributed by atoms with E-state index in [4.69, 9.17) is 0 Å². The first-order valence-corrected chi connectivity index (χ1v) is 8.99. The SMILES string of the molecule is CS(=O)(=O)C1CCN(C(=O)C=Cc2cccs2)CC1. The second kappa shape index (κ2) is 5.88. The maximum atomic E-state index is 11.9. The van der Waals surface area contributed by atoms with Gasteiger partial charge in [0.05, 0.1) is 5.25 Å². The molecule has 1 fully saturated rings. The summed E-state index contributed by atoms with van der Waals surface area (Å²) in [6.07, 6.45) is 5.71. The number of amides is 1. The molecule has 6 heteroatoms. The molecule has 0 bridgehead atoms. The molecule has 0 saturated carbocycles. The van der Waals surface area contributed by atoms with Crippen LogP contribution in [0.4, 0.5) is 0 Å². The number of sulfone groups is 1. The maximum Gasteiger partial charge on any atom is 0.246 e. The molecular formula is C13H17NO3S2. The highest BCUT2D eigenvalue weighted by Crippen LogP contribution is 2.18. The molecule has 1 aliphatic rings. The molecule has 0 spiro atoms. The van der Waals surface area contributed by atoms with E-state index in [1.807, 2.05) is 17.5 Å². The third-order valence-electron chi connectivity index (χ3n) is 3.29. The number of carbonyl (C=O) groups is 1. The van der Waals surface area contributed by atoms with Gasteiger partial charge in [0.25, 0.3) is 0 Å². The Bertz CT molecular complexity index is 553. The zero-order chi connectivity index (χ0) is 13.9. The van der Waals surface area contributed by atoms with Crippen molar-refractivity contribution in [2.45, 2.75) is 18.1 Å². The Hall–Kier alpha value is -1.14. The summed E-state index contributed by atoms with van der Waals surface area (Å²) in [5, 5.41) is 1.67. The summed E-state index contributed by atoms with van der Waals surface area (Å²) in [4.78, 5) is 14.7. The molecule has 1 amide bonds. The lowest BCUT2D eigenvalue weighted by Gasteiger charge is -2.30. The highest BCUT2D eigenvalue weighted by atomic mass is 32.2. The van der Waals surface area contributed by atoms with Crippen molar-refractivity contribution < 1.29 is 13.2 Å². The molecule has 1 saturated heterocycles. The van der Waals surface area contributed by atoms with Crippen LogP contribution in [0.15, 0.2) is 23.6 Å². The van der Waals surface area contributed by atoms with Gasteiger partial charge in [0.1, 0.15) is 9.84 Å². The third kappa shape index (κ3) is 3.91. The highest BCUT2D eigenvalue weighted by molar-refractivity contribution is 7.91. The topological polar surface area (TPSA) is 54.5 Å². The van der Waals surface area contributed by atoms with Crippen LogP contribution < -0.4 is 0 Å². The monoisotopic (exact) mass is 299 g/mol. The number of piperidine rings is 1. The largest absolute Gasteiger partial charge is 0.339 e. The van der Waals surface area contributed by atoms with E-state index >= 15 is 0 Å². The van der Waals surface area contributed by atoms with E-state index in [-0.39, 0.29) is 11.2 Å². The molecule has 19 heavy (non-hydrogen) atoms. The van der Waals surface area contributed by atoms with E-state index in [0.717, 1.165) is 4.88 Å². The normalized spacial score (nSPS) is 18.1. The Balaban J connectivity index is 1.89. The second-order valence-electron chi connectivity index (χ2n) is 4.70. The predicted octanol–water partition coefficient (Wildman–Crippen LogP) is 1.80. The van der Waals surface area contributed by atoms with Crippen LogP contribution in [0.2, 0.25) is 0 Å². The van der Waals surface area contributed by atoms with Crippen LogP contribution in [-0.2, 0) is 14.6 Å². The van der Waals surface area contributed by atoms with E-state index in [9.17, 15) is 13.2 Å². The van der Waals surface area contributed by atoms with Crippen LogP contribution in [-0.4, -0.2) is 43.8 Å². The quantitative estimate of drug-likeness (QED) is 0.800. The first-order chi connectivity index (χ1) is 8.97. The van der Waals surface area contributed by atoms with Gasteiger partial charge in [-0.15, -0.1) is 11.3 Å². The van der Waals surface area contributed by atoms with E-state index < -0.39 is 9.84 Å². The summed E-state index contributed by atoms with van der Waals surface area (Å²) in [6.45, 7) is 1.04. The molecule has 0 radical (unpaired) electrons. The fourth-order valence-electron chi connectivity index (χ4n) is 2.15. The zero-order valence-electron chi connectivity index (χ0n) is 10.8. The maximum absolute atomic E-state index is 11.9. The predicted molar refractivity (Wildman–Crippen MR) is 77.8 cm³/mol. The first kappa shape index (κ1) is 14.3. The molecule has 1 aromatic rings. The number of hydrogen-bond donors (Lipinski definition) is 0. The Labute approximate surface area is 117 Å².